The molecule has 1 aromatic carbocycles. The molecule has 0 unspecified atom stereocenters. The van der Waals surface area contributed by atoms with E-state index in [2.05, 4.69) is 0 Å². The maximum absolute atomic E-state index is 14.3. The number of anilines is 1. The van der Waals surface area contributed by atoms with Crippen LogP contribution >= 0.6 is 0 Å². The molecule has 0 bridgehead atoms. The Morgan fingerprint density at radius 1 is 1.15 bits per heavy atom. The van der Waals surface area contributed by atoms with Crippen LogP contribution in [0.2, 0.25) is 0 Å². The quantitative estimate of drug-likeness (QED) is 0.539. The van der Waals surface area contributed by atoms with E-state index in [1.165, 1.54) is 0 Å². The molecule has 0 spiro atoms. The Labute approximate surface area is 151 Å². The van der Waals surface area contributed by atoms with E-state index < -0.39 is 63.0 Å². The van der Waals surface area contributed by atoms with Crippen LogP contribution in [-0.4, -0.2) is 33.7 Å². The Hall–Kier alpha value is -3.43. The maximum Gasteiger partial charge on any atom is 0.342 e. The minimum absolute atomic E-state index is 0.0579. The first-order valence-electron chi connectivity index (χ1n) is 7.83. The molecule has 1 heterocycles. The van der Waals surface area contributed by atoms with Gasteiger partial charge in [-0.15, -0.1) is 0 Å². The number of unbranched alkanes of at least 4 members (excludes halogenated alkanes) is 1. The fourth-order valence-corrected chi connectivity index (χ4v) is 2.50. The van der Waals surface area contributed by atoms with Gasteiger partial charge in [-0.2, -0.15) is 0 Å². The molecule has 10 heteroatoms. The Bertz CT molecular complexity index is 948. The van der Waals surface area contributed by atoms with Crippen LogP contribution in [0.25, 0.3) is 11.1 Å². The summed E-state index contributed by atoms with van der Waals surface area (Å²) in [6.45, 7) is 1.92. The number of ether oxygens (including phenoxy) is 1. The molecule has 0 saturated heterocycles. The molecule has 0 saturated carbocycles. The molecule has 1 aromatic heterocycles. The molecule has 5 N–H and O–H groups in total. The van der Waals surface area contributed by atoms with Crippen LogP contribution in [-0.2, 0) is 0 Å². The highest BCUT2D eigenvalue weighted by molar-refractivity contribution is 6.07. The Morgan fingerprint density at radius 3 is 2.19 bits per heavy atom. The number of pyridine rings is 1. The second kappa shape index (κ2) is 7.85. The van der Waals surface area contributed by atoms with Crippen molar-refractivity contribution in [1.29, 1.82) is 0 Å². The average Bonchev–Trinajstić information content (AvgIpc) is 2.55. The van der Waals surface area contributed by atoms with Gasteiger partial charge < -0.3 is 25.7 Å². The second-order valence-electron chi connectivity index (χ2n) is 5.57. The lowest BCUT2D eigenvalue weighted by Gasteiger charge is -2.14. The summed E-state index contributed by atoms with van der Waals surface area (Å²) in [7, 11) is 0. The number of nitrogen functional groups attached to an aromatic ring is 1. The Morgan fingerprint density at radius 2 is 1.70 bits per heavy atom. The number of carbonyl (C=O) groups is 2. The smallest absolute Gasteiger partial charge is 0.342 e. The summed E-state index contributed by atoms with van der Waals surface area (Å²) in [5.74, 6) is -7.13. The van der Waals surface area contributed by atoms with E-state index in [0.29, 0.717) is 18.6 Å². The lowest BCUT2D eigenvalue weighted by Crippen LogP contribution is -2.24. The van der Waals surface area contributed by atoms with Gasteiger partial charge in [0.15, 0.2) is 17.4 Å². The predicted molar refractivity (Wildman–Crippen MR) is 91.1 cm³/mol. The van der Waals surface area contributed by atoms with Crippen LogP contribution in [0.3, 0.4) is 0 Å². The molecule has 0 aliphatic carbocycles. The van der Waals surface area contributed by atoms with Gasteiger partial charge in [0.1, 0.15) is 16.9 Å². The molecule has 144 valence electrons. The summed E-state index contributed by atoms with van der Waals surface area (Å²) in [6, 6.07) is 1.38. The minimum Gasteiger partial charge on any atom is -0.488 e. The largest absolute Gasteiger partial charge is 0.488 e. The molecule has 8 nitrogen and oxygen atoms in total. The minimum atomic E-state index is -1.78. The van der Waals surface area contributed by atoms with Gasteiger partial charge >= 0.3 is 11.9 Å². The Balaban J connectivity index is 2.76. The van der Waals surface area contributed by atoms with Gasteiger partial charge in [0.05, 0.1) is 6.61 Å². The molecule has 2 rings (SSSR count). The third-order valence-corrected chi connectivity index (χ3v) is 3.70. The van der Waals surface area contributed by atoms with E-state index >= 15 is 0 Å². The number of carboxylic acid groups (broad SMARTS) is 2. The van der Waals surface area contributed by atoms with E-state index in [0.717, 1.165) is 6.42 Å². The van der Waals surface area contributed by atoms with Crippen molar-refractivity contribution in [3.8, 4) is 16.9 Å². The van der Waals surface area contributed by atoms with Crippen LogP contribution in [0.15, 0.2) is 16.9 Å². The number of H-pyrrole nitrogens is 1. The van der Waals surface area contributed by atoms with Crippen molar-refractivity contribution in [3.63, 3.8) is 0 Å². The van der Waals surface area contributed by atoms with Crippen molar-refractivity contribution >= 4 is 17.8 Å². The fourth-order valence-electron chi connectivity index (χ4n) is 2.50. The number of aromatic nitrogens is 1. The summed E-state index contributed by atoms with van der Waals surface area (Å²) in [5.41, 5.74) is 1.31. The summed E-state index contributed by atoms with van der Waals surface area (Å²) >= 11 is 0. The first-order chi connectivity index (χ1) is 12.7. The van der Waals surface area contributed by atoms with Crippen molar-refractivity contribution in [2.24, 2.45) is 0 Å². The monoisotopic (exact) mass is 382 g/mol. The average molecular weight is 382 g/mol. The number of benzene rings is 1. The number of aromatic amines is 1. The zero-order valence-corrected chi connectivity index (χ0v) is 14.1. The molecule has 2 aromatic rings. The zero-order chi connectivity index (χ0) is 20.3. The van der Waals surface area contributed by atoms with Crippen LogP contribution in [0.1, 0.15) is 40.5 Å². The fraction of sp³-hybridized carbons (Fsp3) is 0.235. The highest BCUT2D eigenvalue weighted by Gasteiger charge is 2.28. The number of rotatable bonds is 7. The number of carboxylic acids is 2. The van der Waals surface area contributed by atoms with Gasteiger partial charge in [0, 0.05) is 5.56 Å². The van der Waals surface area contributed by atoms with Crippen LogP contribution < -0.4 is 16.0 Å². The molecule has 0 amide bonds. The topological polar surface area (TPSA) is 143 Å². The summed E-state index contributed by atoms with van der Waals surface area (Å²) < 4.78 is 33.7. The van der Waals surface area contributed by atoms with Crippen molar-refractivity contribution < 1.29 is 33.3 Å². The molecule has 0 aliphatic rings. The molecular weight excluding hydrogens is 366 g/mol. The van der Waals surface area contributed by atoms with Gasteiger partial charge in [-0.1, -0.05) is 13.3 Å². The first-order valence-corrected chi connectivity index (χ1v) is 7.83. The summed E-state index contributed by atoms with van der Waals surface area (Å²) in [6.07, 6.45) is 1.29. The van der Waals surface area contributed by atoms with Crippen LogP contribution in [0, 0.1) is 11.6 Å². The molecule has 0 radical (unpaired) electrons. The third-order valence-electron chi connectivity index (χ3n) is 3.70. The number of halogens is 2. The maximum atomic E-state index is 14.3. The van der Waals surface area contributed by atoms with E-state index in [1.54, 1.807) is 0 Å². The van der Waals surface area contributed by atoms with E-state index in [4.69, 9.17) is 10.5 Å². The number of nitrogens with two attached hydrogens (primary N) is 1. The van der Waals surface area contributed by atoms with Crippen LogP contribution in [0.4, 0.5) is 14.6 Å². The number of hydrogen-bond donors (Lipinski definition) is 4. The first kappa shape index (κ1) is 19.9. The number of nitrogens with one attached hydrogen (secondary N) is 1. The predicted octanol–water partition coefficient (Wildman–Crippen LogP) is 2.48. The summed E-state index contributed by atoms with van der Waals surface area (Å²) in [4.78, 5) is 36.8. The van der Waals surface area contributed by atoms with Crippen molar-refractivity contribution in [3.05, 3.63) is 45.2 Å². The third kappa shape index (κ3) is 3.89. The molecular formula is C17H16F2N2O6. The highest BCUT2D eigenvalue weighted by atomic mass is 19.1. The second-order valence-corrected chi connectivity index (χ2v) is 5.57. The van der Waals surface area contributed by atoms with Crippen molar-refractivity contribution in [2.45, 2.75) is 19.8 Å². The molecule has 0 atom stereocenters. The van der Waals surface area contributed by atoms with Crippen molar-refractivity contribution in [2.75, 3.05) is 12.3 Å². The SMILES string of the molecule is CCCCOc1c(F)cc(-c2c(C(=O)O)c(N)[nH]c(=O)c2C(=O)O)cc1F. The standard InChI is InChI=1S/C17H16F2N2O6/c1-2-3-4-27-13-8(18)5-7(6-9(13)19)10-11(16(23)24)14(20)21-15(22)12(10)17(25)26/h5-6H,2-4H2,1H3,(H,23,24)(H,25,26)(H3,20,21,22). The van der Waals surface area contributed by atoms with Crippen molar-refractivity contribution in [1.82, 2.24) is 4.98 Å². The molecule has 0 fully saturated rings. The highest BCUT2D eigenvalue weighted by Crippen LogP contribution is 2.33. The molecule has 0 aliphatic heterocycles. The van der Waals surface area contributed by atoms with E-state index in [-0.39, 0.29) is 6.61 Å². The van der Waals surface area contributed by atoms with Crippen LogP contribution in [0.5, 0.6) is 5.75 Å². The van der Waals surface area contributed by atoms with Gasteiger partial charge in [0.2, 0.25) is 0 Å². The lowest BCUT2D eigenvalue weighted by atomic mass is 9.95. The van der Waals surface area contributed by atoms with E-state index in [9.17, 15) is 33.4 Å². The van der Waals surface area contributed by atoms with Gasteiger partial charge in [-0.25, -0.2) is 18.4 Å². The normalized spacial score (nSPS) is 10.6. The molecule has 27 heavy (non-hydrogen) atoms. The summed E-state index contributed by atoms with van der Waals surface area (Å²) in [5, 5.41) is 18.6. The zero-order valence-electron chi connectivity index (χ0n) is 14.1. The number of hydrogen-bond acceptors (Lipinski definition) is 5. The van der Waals surface area contributed by atoms with Gasteiger partial charge in [-0.3, -0.25) is 4.79 Å². The number of aromatic carboxylic acids is 2. The lowest BCUT2D eigenvalue weighted by molar-refractivity contribution is 0.0695. The van der Waals surface area contributed by atoms with Gasteiger partial charge in [-0.05, 0) is 24.1 Å². The van der Waals surface area contributed by atoms with E-state index in [1.807, 2.05) is 11.9 Å². The van der Waals surface area contributed by atoms with Gasteiger partial charge in [0.25, 0.3) is 5.56 Å². The Kier molecular flexibility index (Phi) is 5.78.